The zero-order chi connectivity index (χ0) is 16.8. The van der Waals surface area contributed by atoms with Crippen molar-refractivity contribution in [1.29, 1.82) is 0 Å². The number of hydrogen-bond acceptors (Lipinski definition) is 2. The van der Waals surface area contributed by atoms with Crippen LogP contribution in [0.2, 0.25) is 5.02 Å². The summed E-state index contributed by atoms with van der Waals surface area (Å²) in [6.45, 7) is 4.26. The van der Waals surface area contributed by atoms with Crippen LogP contribution < -0.4 is 10.6 Å². The molecule has 0 heterocycles. The highest BCUT2D eigenvalue weighted by Crippen LogP contribution is 2.20. The van der Waals surface area contributed by atoms with Crippen molar-refractivity contribution in [3.8, 4) is 0 Å². The predicted molar refractivity (Wildman–Crippen MR) is 92.5 cm³/mol. The maximum absolute atomic E-state index is 11.9. The molecule has 0 saturated heterocycles. The Kier molecular flexibility index (Phi) is 5.77. The SMILES string of the molecule is Cc1cccc(CNC(=O)CC(=O)Nc2cc(Cl)ccc2C)c1. The van der Waals surface area contributed by atoms with Gasteiger partial charge in [0.25, 0.3) is 0 Å². The summed E-state index contributed by atoms with van der Waals surface area (Å²) in [6.07, 6.45) is -0.224. The molecule has 0 spiro atoms. The highest BCUT2D eigenvalue weighted by atomic mass is 35.5. The Labute approximate surface area is 140 Å². The molecule has 0 aliphatic heterocycles. The Balaban J connectivity index is 1.85. The summed E-state index contributed by atoms with van der Waals surface area (Å²) in [5.41, 5.74) is 3.65. The molecular weight excluding hydrogens is 312 g/mol. The lowest BCUT2D eigenvalue weighted by Gasteiger charge is -2.09. The van der Waals surface area contributed by atoms with Crippen molar-refractivity contribution in [2.24, 2.45) is 0 Å². The Hall–Kier alpha value is -2.33. The number of benzene rings is 2. The van der Waals surface area contributed by atoms with E-state index in [0.717, 1.165) is 16.7 Å². The first-order valence-corrected chi connectivity index (χ1v) is 7.70. The van der Waals surface area contributed by atoms with Crippen LogP contribution in [0.4, 0.5) is 5.69 Å². The van der Waals surface area contributed by atoms with E-state index in [1.165, 1.54) is 0 Å². The summed E-state index contributed by atoms with van der Waals surface area (Å²) in [5.74, 6) is -0.680. The zero-order valence-corrected chi connectivity index (χ0v) is 13.9. The Morgan fingerprint density at radius 2 is 1.83 bits per heavy atom. The van der Waals surface area contributed by atoms with Gasteiger partial charge in [-0.1, -0.05) is 47.5 Å². The second kappa shape index (κ2) is 7.79. The van der Waals surface area contributed by atoms with Gasteiger partial charge in [-0.2, -0.15) is 0 Å². The predicted octanol–water partition coefficient (Wildman–Crippen LogP) is 3.60. The minimum absolute atomic E-state index is 0.224. The number of anilines is 1. The molecule has 0 atom stereocenters. The van der Waals surface area contributed by atoms with Crippen molar-refractivity contribution < 1.29 is 9.59 Å². The van der Waals surface area contributed by atoms with Gasteiger partial charge < -0.3 is 10.6 Å². The van der Waals surface area contributed by atoms with Crippen LogP contribution in [0.3, 0.4) is 0 Å². The third-order valence-corrected chi connectivity index (χ3v) is 3.60. The average molecular weight is 331 g/mol. The third-order valence-electron chi connectivity index (χ3n) is 3.37. The summed E-state index contributed by atoms with van der Waals surface area (Å²) in [6, 6.07) is 13.1. The molecule has 2 N–H and O–H groups in total. The number of amides is 2. The fraction of sp³-hybridized carbons (Fsp3) is 0.222. The van der Waals surface area contributed by atoms with Gasteiger partial charge in [-0.3, -0.25) is 9.59 Å². The number of nitrogens with one attached hydrogen (secondary N) is 2. The van der Waals surface area contributed by atoms with Crippen LogP contribution in [0, 0.1) is 13.8 Å². The number of hydrogen-bond donors (Lipinski definition) is 2. The lowest BCUT2D eigenvalue weighted by atomic mass is 10.1. The van der Waals surface area contributed by atoms with E-state index in [-0.39, 0.29) is 18.2 Å². The number of aryl methyl sites for hydroxylation is 2. The monoisotopic (exact) mass is 330 g/mol. The Morgan fingerprint density at radius 3 is 2.57 bits per heavy atom. The molecule has 0 aliphatic rings. The molecule has 2 amide bonds. The first-order valence-electron chi connectivity index (χ1n) is 7.32. The molecule has 4 nitrogen and oxygen atoms in total. The van der Waals surface area contributed by atoms with E-state index in [1.54, 1.807) is 12.1 Å². The van der Waals surface area contributed by atoms with Gasteiger partial charge in [0.15, 0.2) is 0 Å². The Morgan fingerprint density at radius 1 is 1.04 bits per heavy atom. The minimum atomic E-state index is -0.364. The van der Waals surface area contributed by atoms with E-state index < -0.39 is 0 Å². The largest absolute Gasteiger partial charge is 0.352 e. The first-order chi connectivity index (χ1) is 10.9. The van der Waals surface area contributed by atoms with Crippen LogP contribution >= 0.6 is 11.6 Å². The molecule has 0 saturated carbocycles. The van der Waals surface area contributed by atoms with Gasteiger partial charge in [-0.15, -0.1) is 0 Å². The topological polar surface area (TPSA) is 58.2 Å². The fourth-order valence-electron chi connectivity index (χ4n) is 2.15. The van der Waals surface area contributed by atoms with Crippen molar-refractivity contribution in [2.75, 3.05) is 5.32 Å². The van der Waals surface area contributed by atoms with Gasteiger partial charge in [0.05, 0.1) is 0 Å². The smallest absolute Gasteiger partial charge is 0.233 e. The molecule has 0 aliphatic carbocycles. The molecular formula is C18H19ClN2O2. The van der Waals surface area contributed by atoms with Crippen molar-refractivity contribution in [3.05, 3.63) is 64.2 Å². The second-order valence-corrected chi connectivity index (χ2v) is 5.89. The van der Waals surface area contributed by atoms with E-state index >= 15 is 0 Å². The quantitative estimate of drug-likeness (QED) is 0.823. The van der Waals surface area contributed by atoms with Gasteiger partial charge in [0, 0.05) is 17.3 Å². The zero-order valence-electron chi connectivity index (χ0n) is 13.2. The molecule has 120 valence electrons. The average Bonchev–Trinajstić information content (AvgIpc) is 2.49. The minimum Gasteiger partial charge on any atom is -0.352 e. The highest BCUT2D eigenvalue weighted by Gasteiger charge is 2.11. The molecule has 0 bridgehead atoms. The van der Waals surface area contributed by atoms with Gasteiger partial charge in [0.2, 0.25) is 11.8 Å². The number of carbonyl (C=O) groups is 2. The van der Waals surface area contributed by atoms with Crippen molar-refractivity contribution in [3.63, 3.8) is 0 Å². The number of halogens is 1. The summed E-state index contributed by atoms with van der Waals surface area (Å²) in [5, 5.41) is 5.98. The van der Waals surface area contributed by atoms with Gasteiger partial charge >= 0.3 is 0 Å². The van der Waals surface area contributed by atoms with Crippen molar-refractivity contribution in [1.82, 2.24) is 5.32 Å². The van der Waals surface area contributed by atoms with Gasteiger partial charge in [-0.25, -0.2) is 0 Å². The van der Waals surface area contributed by atoms with Crippen molar-refractivity contribution >= 4 is 29.1 Å². The lowest BCUT2D eigenvalue weighted by molar-refractivity contribution is -0.126. The van der Waals surface area contributed by atoms with Crippen LogP contribution in [0.15, 0.2) is 42.5 Å². The molecule has 0 unspecified atom stereocenters. The molecule has 0 fully saturated rings. The fourth-order valence-corrected chi connectivity index (χ4v) is 2.33. The van der Waals surface area contributed by atoms with Crippen LogP contribution in [-0.4, -0.2) is 11.8 Å². The second-order valence-electron chi connectivity index (χ2n) is 5.45. The summed E-state index contributed by atoms with van der Waals surface area (Å²) < 4.78 is 0. The maximum atomic E-state index is 11.9. The standard InChI is InChI=1S/C18H19ClN2O2/c1-12-4-3-5-14(8-12)11-20-17(22)10-18(23)21-16-9-15(19)7-6-13(16)2/h3-9H,10-11H2,1-2H3,(H,20,22)(H,21,23). The molecule has 0 radical (unpaired) electrons. The van der Waals surface area contributed by atoms with E-state index in [0.29, 0.717) is 17.3 Å². The van der Waals surface area contributed by atoms with Crippen molar-refractivity contribution in [2.45, 2.75) is 26.8 Å². The summed E-state index contributed by atoms with van der Waals surface area (Å²) in [4.78, 5) is 23.8. The van der Waals surface area contributed by atoms with Crippen LogP contribution in [0.5, 0.6) is 0 Å². The number of carbonyl (C=O) groups excluding carboxylic acids is 2. The van der Waals surface area contributed by atoms with E-state index in [2.05, 4.69) is 10.6 Å². The molecule has 23 heavy (non-hydrogen) atoms. The van der Waals surface area contributed by atoms with Gasteiger partial charge in [0.1, 0.15) is 6.42 Å². The maximum Gasteiger partial charge on any atom is 0.233 e. The summed E-state index contributed by atoms with van der Waals surface area (Å²) in [7, 11) is 0. The van der Waals surface area contributed by atoms with E-state index in [4.69, 9.17) is 11.6 Å². The van der Waals surface area contributed by atoms with Crippen LogP contribution in [0.1, 0.15) is 23.1 Å². The number of rotatable bonds is 5. The lowest BCUT2D eigenvalue weighted by Crippen LogP contribution is -2.27. The third kappa shape index (κ3) is 5.42. The Bertz CT molecular complexity index is 729. The van der Waals surface area contributed by atoms with E-state index in [9.17, 15) is 9.59 Å². The molecule has 2 aromatic carbocycles. The molecule has 2 rings (SSSR count). The molecule has 2 aromatic rings. The normalized spacial score (nSPS) is 10.2. The van der Waals surface area contributed by atoms with Crippen LogP contribution in [0.25, 0.3) is 0 Å². The van der Waals surface area contributed by atoms with Gasteiger partial charge in [-0.05, 0) is 37.1 Å². The highest BCUT2D eigenvalue weighted by molar-refractivity contribution is 6.31. The summed E-state index contributed by atoms with van der Waals surface area (Å²) >= 11 is 5.91. The van der Waals surface area contributed by atoms with Crippen LogP contribution in [-0.2, 0) is 16.1 Å². The molecule has 5 heteroatoms. The first kappa shape index (κ1) is 17.0. The van der Waals surface area contributed by atoms with E-state index in [1.807, 2.05) is 44.2 Å². The molecule has 0 aromatic heterocycles.